The number of nitrogens with zero attached hydrogens (tertiary/aromatic N) is 1. The molecule has 0 spiro atoms. The summed E-state index contributed by atoms with van der Waals surface area (Å²) < 4.78 is 0. The maximum atomic E-state index is 5.98. The van der Waals surface area contributed by atoms with E-state index in [0.29, 0.717) is 6.04 Å². The molecular formula is C15H24N2. The van der Waals surface area contributed by atoms with Crippen molar-refractivity contribution < 1.29 is 0 Å². The Hall–Kier alpha value is -1.02. The molecule has 17 heavy (non-hydrogen) atoms. The van der Waals surface area contributed by atoms with Gasteiger partial charge in [0.15, 0.2) is 0 Å². The van der Waals surface area contributed by atoms with E-state index in [-0.39, 0.29) is 0 Å². The SMILES string of the molecule is CCC(N)CCC1CCN(c2ccccc2)C1. The third-order valence-electron chi connectivity index (χ3n) is 3.88. The summed E-state index contributed by atoms with van der Waals surface area (Å²) in [6.45, 7) is 4.59. The van der Waals surface area contributed by atoms with Crippen LogP contribution in [-0.2, 0) is 0 Å². The van der Waals surface area contributed by atoms with Gasteiger partial charge in [0.05, 0.1) is 0 Å². The summed E-state index contributed by atoms with van der Waals surface area (Å²) in [5, 5.41) is 0. The van der Waals surface area contributed by atoms with Crippen LogP contribution in [0.1, 0.15) is 32.6 Å². The largest absolute Gasteiger partial charge is 0.371 e. The van der Waals surface area contributed by atoms with Crippen LogP contribution in [0.3, 0.4) is 0 Å². The van der Waals surface area contributed by atoms with Crippen molar-refractivity contribution in [3.63, 3.8) is 0 Å². The lowest BCUT2D eigenvalue weighted by atomic mass is 9.98. The Morgan fingerprint density at radius 2 is 2.12 bits per heavy atom. The Balaban J connectivity index is 1.80. The maximum absolute atomic E-state index is 5.98. The van der Waals surface area contributed by atoms with Gasteiger partial charge in [-0.05, 0) is 43.7 Å². The van der Waals surface area contributed by atoms with Gasteiger partial charge >= 0.3 is 0 Å². The Morgan fingerprint density at radius 3 is 2.82 bits per heavy atom. The molecule has 1 aliphatic rings. The normalized spacial score (nSPS) is 21.8. The van der Waals surface area contributed by atoms with E-state index in [1.165, 1.54) is 38.0 Å². The van der Waals surface area contributed by atoms with Gasteiger partial charge in [0.2, 0.25) is 0 Å². The van der Waals surface area contributed by atoms with Gasteiger partial charge in [0.1, 0.15) is 0 Å². The maximum Gasteiger partial charge on any atom is 0.0366 e. The van der Waals surface area contributed by atoms with E-state index in [1.807, 2.05) is 0 Å². The molecule has 2 nitrogen and oxygen atoms in total. The minimum absolute atomic E-state index is 0.403. The van der Waals surface area contributed by atoms with Crippen LogP contribution in [0.4, 0.5) is 5.69 Å². The van der Waals surface area contributed by atoms with Crippen LogP contribution in [-0.4, -0.2) is 19.1 Å². The molecule has 0 saturated carbocycles. The minimum atomic E-state index is 0.403. The van der Waals surface area contributed by atoms with Crippen LogP contribution in [0.25, 0.3) is 0 Å². The highest BCUT2D eigenvalue weighted by Crippen LogP contribution is 2.26. The highest BCUT2D eigenvalue weighted by Gasteiger charge is 2.22. The number of para-hydroxylation sites is 1. The third kappa shape index (κ3) is 3.47. The van der Waals surface area contributed by atoms with E-state index < -0.39 is 0 Å². The summed E-state index contributed by atoms with van der Waals surface area (Å²) in [6, 6.07) is 11.1. The fourth-order valence-corrected chi connectivity index (χ4v) is 2.60. The molecule has 0 radical (unpaired) electrons. The van der Waals surface area contributed by atoms with Gasteiger partial charge in [0, 0.05) is 24.8 Å². The first kappa shape index (κ1) is 12.4. The van der Waals surface area contributed by atoms with Gasteiger partial charge in [-0.2, -0.15) is 0 Å². The Kier molecular flexibility index (Phi) is 4.43. The second-order valence-corrected chi connectivity index (χ2v) is 5.18. The van der Waals surface area contributed by atoms with Gasteiger partial charge in [-0.15, -0.1) is 0 Å². The van der Waals surface area contributed by atoms with Crippen molar-refractivity contribution in [1.82, 2.24) is 0 Å². The number of rotatable bonds is 5. The molecule has 94 valence electrons. The van der Waals surface area contributed by atoms with Crippen molar-refractivity contribution in [2.24, 2.45) is 11.7 Å². The van der Waals surface area contributed by atoms with Gasteiger partial charge < -0.3 is 10.6 Å². The van der Waals surface area contributed by atoms with Gasteiger partial charge in [-0.3, -0.25) is 0 Å². The zero-order valence-electron chi connectivity index (χ0n) is 10.8. The molecule has 1 aromatic carbocycles. The molecule has 2 N–H and O–H groups in total. The highest BCUT2D eigenvalue weighted by molar-refractivity contribution is 5.46. The number of hydrogen-bond donors (Lipinski definition) is 1. The van der Waals surface area contributed by atoms with Gasteiger partial charge in [0.25, 0.3) is 0 Å². The average molecular weight is 232 g/mol. The van der Waals surface area contributed by atoms with Crippen molar-refractivity contribution in [2.45, 2.75) is 38.6 Å². The minimum Gasteiger partial charge on any atom is -0.371 e. The summed E-state index contributed by atoms with van der Waals surface area (Å²) in [5.41, 5.74) is 7.35. The summed E-state index contributed by atoms with van der Waals surface area (Å²) in [5.74, 6) is 0.841. The summed E-state index contributed by atoms with van der Waals surface area (Å²) in [4.78, 5) is 2.50. The average Bonchev–Trinajstić information content (AvgIpc) is 2.86. The predicted molar refractivity (Wildman–Crippen MR) is 74.3 cm³/mol. The van der Waals surface area contributed by atoms with Crippen LogP contribution in [0.2, 0.25) is 0 Å². The fourth-order valence-electron chi connectivity index (χ4n) is 2.60. The van der Waals surface area contributed by atoms with E-state index >= 15 is 0 Å². The molecule has 2 unspecified atom stereocenters. The summed E-state index contributed by atoms with van der Waals surface area (Å²) in [6.07, 6.45) is 4.91. The highest BCUT2D eigenvalue weighted by atomic mass is 15.1. The third-order valence-corrected chi connectivity index (χ3v) is 3.88. The molecule has 1 heterocycles. The first-order valence-electron chi connectivity index (χ1n) is 6.85. The lowest BCUT2D eigenvalue weighted by Gasteiger charge is -2.19. The smallest absolute Gasteiger partial charge is 0.0366 e. The number of nitrogens with two attached hydrogens (primary N) is 1. The molecule has 0 bridgehead atoms. The van der Waals surface area contributed by atoms with Crippen LogP contribution in [0.15, 0.2) is 30.3 Å². The quantitative estimate of drug-likeness (QED) is 0.845. The standard InChI is InChI=1S/C15H24N2/c1-2-14(16)9-8-13-10-11-17(12-13)15-6-4-3-5-7-15/h3-7,13-14H,2,8-12,16H2,1H3. The fraction of sp³-hybridized carbons (Fsp3) is 0.600. The number of hydrogen-bond acceptors (Lipinski definition) is 2. The summed E-state index contributed by atoms with van der Waals surface area (Å²) >= 11 is 0. The zero-order chi connectivity index (χ0) is 12.1. The summed E-state index contributed by atoms with van der Waals surface area (Å²) in [7, 11) is 0. The van der Waals surface area contributed by atoms with Crippen molar-refractivity contribution in [3.8, 4) is 0 Å². The van der Waals surface area contributed by atoms with E-state index in [4.69, 9.17) is 5.73 Å². The molecule has 1 aromatic rings. The van der Waals surface area contributed by atoms with Crippen LogP contribution < -0.4 is 10.6 Å². The molecule has 0 amide bonds. The molecule has 1 saturated heterocycles. The zero-order valence-corrected chi connectivity index (χ0v) is 10.8. The molecule has 2 atom stereocenters. The Bertz CT molecular complexity index is 323. The number of anilines is 1. The van der Waals surface area contributed by atoms with E-state index in [1.54, 1.807) is 0 Å². The van der Waals surface area contributed by atoms with E-state index in [9.17, 15) is 0 Å². The first-order valence-corrected chi connectivity index (χ1v) is 6.85. The number of benzene rings is 1. The molecule has 1 aliphatic heterocycles. The van der Waals surface area contributed by atoms with Crippen LogP contribution in [0.5, 0.6) is 0 Å². The van der Waals surface area contributed by atoms with Crippen LogP contribution >= 0.6 is 0 Å². The molecule has 1 fully saturated rings. The van der Waals surface area contributed by atoms with Crippen LogP contribution in [0, 0.1) is 5.92 Å². The lowest BCUT2D eigenvalue weighted by molar-refractivity contribution is 0.464. The van der Waals surface area contributed by atoms with Crippen molar-refractivity contribution in [2.75, 3.05) is 18.0 Å². The Labute approximate surface area is 105 Å². The molecule has 2 rings (SSSR count). The lowest BCUT2D eigenvalue weighted by Crippen LogP contribution is -2.22. The van der Waals surface area contributed by atoms with Crippen molar-refractivity contribution in [1.29, 1.82) is 0 Å². The monoisotopic (exact) mass is 232 g/mol. The molecular weight excluding hydrogens is 208 g/mol. The molecule has 0 aromatic heterocycles. The van der Waals surface area contributed by atoms with E-state index in [0.717, 1.165) is 12.3 Å². The molecule has 0 aliphatic carbocycles. The Morgan fingerprint density at radius 1 is 1.35 bits per heavy atom. The van der Waals surface area contributed by atoms with Gasteiger partial charge in [-0.25, -0.2) is 0 Å². The first-order chi connectivity index (χ1) is 8.29. The van der Waals surface area contributed by atoms with E-state index in [2.05, 4.69) is 42.2 Å². The second kappa shape index (κ2) is 6.06. The van der Waals surface area contributed by atoms with Crippen molar-refractivity contribution in [3.05, 3.63) is 30.3 Å². The second-order valence-electron chi connectivity index (χ2n) is 5.18. The predicted octanol–water partition coefficient (Wildman–Crippen LogP) is 3.03. The van der Waals surface area contributed by atoms with Gasteiger partial charge in [-0.1, -0.05) is 25.1 Å². The molecule has 2 heteroatoms. The van der Waals surface area contributed by atoms with Crippen molar-refractivity contribution >= 4 is 5.69 Å². The topological polar surface area (TPSA) is 29.3 Å².